The molecule has 1 atom stereocenters. The van der Waals surface area contributed by atoms with E-state index >= 15 is 0 Å². The smallest absolute Gasteiger partial charge is 0.288 e. The third-order valence-electron chi connectivity index (χ3n) is 2.70. The number of halogens is 1. The van der Waals surface area contributed by atoms with E-state index in [0.29, 0.717) is 5.75 Å². The average Bonchev–Trinajstić information content (AvgIpc) is 2.39. The highest BCUT2D eigenvalue weighted by Crippen LogP contribution is 2.30. The predicted molar refractivity (Wildman–Crippen MR) is 73.6 cm³/mol. The third-order valence-corrected chi connectivity index (χ3v) is 3.00. The fraction of sp³-hybridized carbons (Fsp3) is 0.143. The Labute approximate surface area is 115 Å². The minimum atomic E-state index is -0.521. The van der Waals surface area contributed by atoms with Crippen LogP contribution in [0.5, 0.6) is 5.75 Å². The summed E-state index contributed by atoms with van der Waals surface area (Å²) in [6.45, 7) is 1.91. The molecule has 4 nitrogen and oxygen atoms in total. The van der Waals surface area contributed by atoms with Gasteiger partial charge in [0, 0.05) is 12.1 Å². The molecule has 0 saturated heterocycles. The third kappa shape index (κ3) is 3.23. The van der Waals surface area contributed by atoms with Crippen LogP contribution in [0.3, 0.4) is 0 Å². The Kier molecular flexibility index (Phi) is 4.02. The molecule has 5 heteroatoms. The molecule has 2 aromatic carbocycles. The highest BCUT2D eigenvalue weighted by atomic mass is 35.5. The first-order chi connectivity index (χ1) is 9.08. The van der Waals surface area contributed by atoms with Gasteiger partial charge in [-0.2, -0.15) is 0 Å². The van der Waals surface area contributed by atoms with Crippen LogP contribution < -0.4 is 4.74 Å². The van der Waals surface area contributed by atoms with Crippen molar-refractivity contribution in [3.8, 4) is 5.75 Å². The minimum Gasteiger partial charge on any atom is -0.486 e. The van der Waals surface area contributed by atoms with Gasteiger partial charge in [0.05, 0.1) is 4.92 Å². The highest BCUT2D eigenvalue weighted by Gasteiger charge is 2.14. The minimum absolute atomic E-state index is 0.0720. The van der Waals surface area contributed by atoms with Gasteiger partial charge in [0.15, 0.2) is 0 Å². The SMILES string of the molecule is CC(Oc1ccc([N+](=O)[O-])c(Cl)c1)c1ccccc1. The number of rotatable bonds is 4. The van der Waals surface area contributed by atoms with E-state index in [1.807, 2.05) is 37.3 Å². The molecule has 2 rings (SSSR count). The van der Waals surface area contributed by atoms with Crippen LogP contribution in [0.25, 0.3) is 0 Å². The topological polar surface area (TPSA) is 52.4 Å². The first-order valence-corrected chi connectivity index (χ1v) is 6.11. The Balaban J connectivity index is 2.16. The van der Waals surface area contributed by atoms with Crippen LogP contribution >= 0.6 is 11.6 Å². The maximum absolute atomic E-state index is 10.7. The lowest BCUT2D eigenvalue weighted by Gasteiger charge is -2.15. The van der Waals surface area contributed by atoms with Crippen molar-refractivity contribution in [2.45, 2.75) is 13.0 Å². The van der Waals surface area contributed by atoms with Gasteiger partial charge in [-0.25, -0.2) is 0 Å². The second-order valence-corrected chi connectivity index (χ2v) is 4.45. The number of hydrogen-bond acceptors (Lipinski definition) is 3. The molecule has 0 aliphatic heterocycles. The van der Waals surface area contributed by atoms with Gasteiger partial charge in [-0.15, -0.1) is 0 Å². The molecular formula is C14H12ClNO3. The largest absolute Gasteiger partial charge is 0.486 e. The molecule has 98 valence electrons. The Morgan fingerprint density at radius 1 is 1.21 bits per heavy atom. The summed E-state index contributed by atoms with van der Waals surface area (Å²) in [5.74, 6) is 0.506. The highest BCUT2D eigenvalue weighted by molar-refractivity contribution is 6.32. The summed E-state index contributed by atoms with van der Waals surface area (Å²) in [6.07, 6.45) is -0.154. The standard InChI is InChI=1S/C14H12ClNO3/c1-10(11-5-3-2-4-6-11)19-12-7-8-14(16(17)18)13(15)9-12/h2-10H,1H3. The quantitative estimate of drug-likeness (QED) is 0.615. The lowest BCUT2D eigenvalue weighted by molar-refractivity contribution is -0.384. The van der Waals surface area contributed by atoms with Crippen molar-refractivity contribution in [2.75, 3.05) is 0 Å². The second-order valence-electron chi connectivity index (χ2n) is 4.04. The van der Waals surface area contributed by atoms with Gasteiger partial charge in [-0.3, -0.25) is 10.1 Å². The van der Waals surface area contributed by atoms with Crippen molar-refractivity contribution in [3.05, 3.63) is 69.2 Å². The number of nitrogens with zero attached hydrogens (tertiary/aromatic N) is 1. The van der Waals surface area contributed by atoms with Crippen molar-refractivity contribution in [3.63, 3.8) is 0 Å². The number of benzene rings is 2. The molecular weight excluding hydrogens is 266 g/mol. The first kappa shape index (κ1) is 13.4. The summed E-state index contributed by atoms with van der Waals surface area (Å²) in [7, 11) is 0. The van der Waals surface area contributed by atoms with Crippen LogP contribution in [0, 0.1) is 10.1 Å². The molecule has 0 fully saturated rings. The molecule has 0 saturated carbocycles. The van der Waals surface area contributed by atoms with E-state index in [-0.39, 0.29) is 16.8 Å². The van der Waals surface area contributed by atoms with Crippen molar-refractivity contribution >= 4 is 17.3 Å². The lowest BCUT2D eigenvalue weighted by Crippen LogP contribution is -2.02. The van der Waals surface area contributed by atoms with Crippen LogP contribution in [-0.4, -0.2) is 4.92 Å². The molecule has 0 radical (unpaired) electrons. The molecule has 0 bridgehead atoms. The molecule has 0 spiro atoms. The molecule has 0 aliphatic rings. The van der Waals surface area contributed by atoms with Gasteiger partial charge < -0.3 is 4.74 Å². The second kappa shape index (κ2) is 5.71. The maximum atomic E-state index is 10.7. The molecule has 0 heterocycles. The van der Waals surface area contributed by atoms with Gasteiger partial charge in [0.2, 0.25) is 0 Å². The van der Waals surface area contributed by atoms with Gasteiger partial charge in [0.25, 0.3) is 5.69 Å². The molecule has 1 unspecified atom stereocenters. The van der Waals surface area contributed by atoms with Crippen molar-refractivity contribution in [1.29, 1.82) is 0 Å². The van der Waals surface area contributed by atoms with Crippen molar-refractivity contribution in [2.24, 2.45) is 0 Å². The van der Waals surface area contributed by atoms with E-state index in [2.05, 4.69) is 0 Å². The zero-order valence-corrected chi connectivity index (χ0v) is 11.0. The van der Waals surface area contributed by atoms with Crippen molar-refractivity contribution in [1.82, 2.24) is 0 Å². The van der Waals surface area contributed by atoms with E-state index < -0.39 is 4.92 Å². The lowest BCUT2D eigenvalue weighted by atomic mass is 10.1. The molecule has 0 aliphatic carbocycles. The van der Waals surface area contributed by atoms with E-state index in [9.17, 15) is 10.1 Å². The molecule has 19 heavy (non-hydrogen) atoms. The number of nitro groups is 1. The van der Waals surface area contributed by atoms with Gasteiger partial charge in [-0.05, 0) is 18.6 Å². The van der Waals surface area contributed by atoms with Gasteiger partial charge in [-0.1, -0.05) is 41.9 Å². The first-order valence-electron chi connectivity index (χ1n) is 5.73. The fourth-order valence-corrected chi connectivity index (χ4v) is 1.94. The van der Waals surface area contributed by atoms with Crippen LogP contribution in [-0.2, 0) is 0 Å². The molecule has 0 aromatic heterocycles. The molecule has 0 N–H and O–H groups in total. The van der Waals surface area contributed by atoms with Crippen LogP contribution in [0.2, 0.25) is 5.02 Å². The Morgan fingerprint density at radius 2 is 1.89 bits per heavy atom. The summed E-state index contributed by atoms with van der Waals surface area (Å²) in [4.78, 5) is 10.1. The van der Waals surface area contributed by atoms with E-state index in [1.165, 1.54) is 12.1 Å². The summed E-state index contributed by atoms with van der Waals surface area (Å²) in [6, 6.07) is 14.0. The maximum Gasteiger partial charge on any atom is 0.288 e. The fourth-order valence-electron chi connectivity index (χ4n) is 1.71. The Hall–Kier alpha value is -2.07. The number of nitro benzene ring substituents is 1. The average molecular weight is 278 g/mol. The van der Waals surface area contributed by atoms with E-state index in [0.717, 1.165) is 5.56 Å². The van der Waals surface area contributed by atoms with Gasteiger partial charge >= 0.3 is 0 Å². The Bertz CT molecular complexity index is 586. The summed E-state index contributed by atoms with van der Waals surface area (Å²) in [5.41, 5.74) is 0.901. The van der Waals surface area contributed by atoms with E-state index in [4.69, 9.17) is 16.3 Å². The predicted octanol–water partition coefficient (Wildman–Crippen LogP) is 4.39. The van der Waals surface area contributed by atoms with Crippen LogP contribution in [0.15, 0.2) is 48.5 Å². The zero-order valence-electron chi connectivity index (χ0n) is 10.2. The summed E-state index contributed by atoms with van der Waals surface area (Å²) < 4.78 is 5.71. The normalized spacial score (nSPS) is 11.9. The van der Waals surface area contributed by atoms with Crippen LogP contribution in [0.1, 0.15) is 18.6 Å². The summed E-state index contributed by atoms with van der Waals surface area (Å²) in [5, 5.41) is 10.7. The zero-order chi connectivity index (χ0) is 13.8. The molecule has 0 amide bonds. The van der Waals surface area contributed by atoms with Crippen molar-refractivity contribution < 1.29 is 9.66 Å². The Morgan fingerprint density at radius 3 is 2.47 bits per heavy atom. The van der Waals surface area contributed by atoms with Crippen LogP contribution in [0.4, 0.5) is 5.69 Å². The number of ether oxygens (including phenoxy) is 1. The summed E-state index contributed by atoms with van der Waals surface area (Å²) >= 11 is 5.83. The van der Waals surface area contributed by atoms with Gasteiger partial charge in [0.1, 0.15) is 16.9 Å². The van der Waals surface area contributed by atoms with E-state index in [1.54, 1.807) is 6.07 Å². The number of hydrogen-bond donors (Lipinski definition) is 0. The monoisotopic (exact) mass is 277 g/mol. The molecule has 2 aromatic rings.